The van der Waals surface area contributed by atoms with Gasteiger partial charge in [-0.05, 0) is 74.4 Å². The molecule has 0 atom stereocenters. The van der Waals surface area contributed by atoms with E-state index in [2.05, 4.69) is 63.2 Å². The molecule has 2 fully saturated rings. The molecule has 7 nitrogen and oxygen atoms in total. The lowest BCUT2D eigenvalue weighted by Gasteiger charge is -2.30. The minimum atomic E-state index is 0.580. The Balaban J connectivity index is 1.07. The smallest absolute Gasteiger partial charge is 0.160 e. The van der Waals surface area contributed by atoms with E-state index in [4.69, 9.17) is 9.72 Å². The zero-order chi connectivity index (χ0) is 24.7. The summed E-state index contributed by atoms with van der Waals surface area (Å²) in [5, 5.41) is 7.49. The Morgan fingerprint density at radius 1 is 1.03 bits per heavy atom. The van der Waals surface area contributed by atoms with Crippen LogP contribution in [0.25, 0.3) is 11.2 Å². The number of nitrogens with zero attached hydrogens (tertiary/aromatic N) is 4. The molecule has 0 radical (unpaired) electrons. The SMILES string of the molecule is CCc1nc2c(C)ccnc2n1Cc1ccc(NC2CCC(CNCCN3CCOCC3)CC2)cc1. The van der Waals surface area contributed by atoms with Crippen LogP contribution < -0.4 is 10.6 Å². The van der Waals surface area contributed by atoms with Gasteiger partial charge in [0.25, 0.3) is 0 Å². The van der Waals surface area contributed by atoms with Crippen molar-refractivity contribution < 1.29 is 4.74 Å². The van der Waals surface area contributed by atoms with Crippen molar-refractivity contribution in [3.8, 4) is 0 Å². The number of anilines is 1. The first-order chi connectivity index (χ1) is 17.7. The van der Waals surface area contributed by atoms with Gasteiger partial charge in [-0.1, -0.05) is 19.1 Å². The number of nitrogens with one attached hydrogen (secondary N) is 2. The second kappa shape index (κ2) is 12.2. The summed E-state index contributed by atoms with van der Waals surface area (Å²) in [5.41, 5.74) is 5.71. The number of hydrogen-bond donors (Lipinski definition) is 2. The zero-order valence-electron chi connectivity index (χ0n) is 22.0. The van der Waals surface area contributed by atoms with Gasteiger partial charge in [-0.2, -0.15) is 0 Å². The van der Waals surface area contributed by atoms with Crippen LogP contribution in [0.1, 0.15) is 49.6 Å². The van der Waals surface area contributed by atoms with Gasteiger partial charge < -0.3 is 19.9 Å². The van der Waals surface area contributed by atoms with Gasteiger partial charge in [-0.25, -0.2) is 9.97 Å². The maximum absolute atomic E-state index is 5.43. The molecule has 7 heteroatoms. The molecule has 1 aromatic carbocycles. The fraction of sp³-hybridized carbons (Fsp3) is 0.586. The monoisotopic (exact) mass is 490 g/mol. The van der Waals surface area contributed by atoms with Crippen LogP contribution in [-0.4, -0.2) is 71.4 Å². The summed E-state index contributed by atoms with van der Waals surface area (Å²) in [5.74, 6) is 1.91. The van der Waals surface area contributed by atoms with Crippen molar-refractivity contribution >= 4 is 16.9 Å². The lowest BCUT2D eigenvalue weighted by molar-refractivity contribution is 0.0383. The fourth-order valence-corrected chi connectivity index (χ4v) is 5.62. The first kappa shape index (κ1) is 25.2. The molecule has 0 amide bonds. The van der Waals surface area contributed by atoms with Gasteiger partial charge in [0.15, 0.2) is 5.65 Å². The van der Waals surface area contributed by atoms with Crippen LogP contribution in [-0.2, 0) is 17.7 Å². The summed E-state index contributed by atoms with van der Waals surface area (Å²) in [6, 6.07) is 11.6. The number of pyridine rings is 1. The third kappa shape index (κ3) is 6.25. The minimum Gasteiger partial charge on any atom is -0.382 e. The fourth-order valence-electron chi connectivity index (χ4n) is 5.62. The number of imidazole rings is 1. The number of fused-ring (bicyclic) bond motifs is 1. The van der Waals surface area contributed by atoms with E-state index in [0.717, 1.165) is 81.8 Å². The molecule has 2 N–H and O–H groups in total. The van der Waals surface area contributed by atoms with Crippen LogP contribution in [0.4, 0.5) is 5.69 Å². The highest BCUT2D eigenvalue weighted by atomic mass is 16.5. The largest absolute Gasteiger partial charge is 0.382 e. The Kier molecular flexibility index (Phi) is 8.51. The van der Waals surface area contributed by atoms with Gasteiger partial charge in [0, 0.05) is 50.5 Å². The van der Waals surface area contributed by atoms with Crippen molar-refractivity contribution in [2.45, 2.75) is 58.5 Å². The highest BCUT2D eigenvalue weighted by Crippen LogP contribution is 2.27. The van der Waals surface area contributed by atoms with Crippen molar-refractivity contribution in [3.05, 3.63) is 53.5 Å². The standard InChI is InChI=1S/C29H42N6O/c1-3-27-33-28-22(2)12-13-31-29(28)35(27)21-24-6-10-26(11-7-24)32-25-8-4-23(5-9-25)20-30-14-15-34-16-18-36-19-17-34/h6-7,10-13,23,25,30,32H,3-5,8-9,14-21H2,1-2H3. The number of ether oxygens (including phenoxy) is 1. The Morgan fingerprint density at radius 3 is 2.56 bits per heavy atom. The molecular formula is C29H42N6O. The number of aromatic nitrogens is 3. The summed E-state index contributed by atoms with van der Waals surface area (Å²) in [6.07, 6.45) is 7.91. The summed E-state index contributed by atoms with van der Waals surface area (Å²) >= 11 is 0. The molecule has 1 saturated carbocycles. The van der Waals surface area contributed by atoms with Crippen LogP contribution in [0.2, 0.25) is 0 Å². The second-order valence-corrected chi connectivity index (χ2v) is 10.5. The summed E-state index contributed by atoms with van der Waals surface area (Å²) < 4.78 is 7.70. The molecule has 194 valence electrons. The predicted octanol–water partition coefficient (Wildman–Crippen LogP) is 4.24. The molecule has 0 unspecified atom stereocenters. The number of hydrogen-bond acceptors (Lipinski definition) is 6. The van der Waals surface area contributed by atoms with E-state index in [1.165, 1.54) is 42.5 Å². The minimum absolute atomic E-state index is 0.580. The number of rotatable bonds is 10. The molecule has 1 aliphatic carbocycles. The molecule has 5 rings (SSSR count). The summed E-state index contributed by atoms with van der Waals surface area (Å²) in [4.78, 5) is 12.0. The van der Waals surface area contributed by atoms with Crippen molar-refractivity contribution in [2.75, 3.05) is 51.3 Å². The van der Waals surface area contributed by atoms with E-state index in [-0.39, 0.29) is 0 Å². The van der Waals surface area contributed by atoms with Crippen molar-refractivity contribution in [1.29, 1.82) is 0 Å². The zero-order valence-corrected chi connectivity index (χ0v) is 22.0. The first-order valence-corrected chi connectivity index (χ1v) is 13.9. The molecule has 3 heterocycles. The number of benzene rings is 1. The highest BCUT2D eigenvalue weighted by molar-refractivity contribution is 5.75. The lowest BCUT2D eigenvalue weighted by atomic mass is 9.86. The molecule has 0 bridgehead atoms. The number of morpholine rings is 1. The van der Waals surface area contributed by atoms with E-state index in [9.17, 15) is 0 Å². The van der Waals surface area contributed by atoms with Crippen molar-refractivity contribution in [3.63, 3.8) is 0 Å². The Hall–Kier alpha value is -2.48. The van der Waals surface area contributed by atoms with Gasteiger partial charge >= 0.3 is 0 Å². The van der Waals surface area contributed by atoms with E-state index < -0.39 is 0 Å². The van der Waals surface area contributed by atoms with Crippen LogP contribution in [0.5, 0.6) is 0 Å². The topological polar surface area (TPSA) is 67.2 Å². The van der Waals surface area contributed by atoms with E-state index in [0.29, 0.717) is 6.04 Å². The lowest BCUT2D eigenvalue weighted by Crippen LogP contribution is -2.41. The molecule has 2 aromatic heterocycles. The average Bonchev–Trinajstić information content (AvgIpc) is 3.28. The average molecular weight is 491 g/mol. The van der Waals surface area contributed by atoms with E-state index in [1.54, 1.807) is 0 Å². The molecule has 1 saturated heterocycles. The number of aryl methyl sites for hydroxylation is 2. The third-order valence-electron chi connectivity index (χ3n) is 7.88. The Morgan fingerprint density at radius 2 is 1.81 bits per heavy atom. The predicted molar refractivity (Wildman–Crippen MR) is 147 cm³/mol. The first-order valence-electron chi connectivity index (χ1n) is 13.9. The maximum atomic E-state index is 5.43. The molecule has 36 heavy (non-hydrogen) atoms. The van der Waals surface area contributed by atoms with Gasteiger partial charge in [-0.3, -0.25) is 4.90 Å². The van der Waals surface area contributed by atoms with Gasteiger partial charge in [-0.15, -0.1) is 0 Å². The van der Waals surface area contributed by atoms with Gasteiger partial charge in [0.05, 0.1) is 19.8 Å². The van der Waals surface area contributed by atoms with Crippen LogP contribution in [0.3, 0.4) is 0 Å². The third-order valence-corrected chi connectivity index (χ3v) is 7.88. The van der Waals surface area contributed by atoms with E-state index in [1.807, 2.05) is 12.3 Å². The molecular weight excluding hydrogens is 448 g/mol. The molecule has 1 aliphatic heterocycles. The molecule has 2 aliphatic rings. The molecule has 0 spiro atoms. The van der Waals surface area contributed by atoms with E-state index >= 15 is 0 Å². The van der Waals surface area contributed by atoms with Crippen LogP contribution in [0.15, 0.2) is 36.5 Å². The summed E-state index contributed by atoms with van der Waals surface area (Å²) in [6.45, 7) is 12.4. The second-order valence-electron chi connectivity index (χ2n) is 10.5. The van der Waals surface area contributed by atoms with Crippen LogP contribution in [0, 0.1) is 12.8 Å². The van der Waals surface area contributed by atoms with Gasteiger partial charge in [0.2, 0.25) is 0 Å². The summed E-state index contributed by atoms with van der Waals surface area (Å²) in [7, 11) is 0. The molecule has 3 aromatic rings. The quantitative estimate of drug-likeness (QED) is 0.415. The van der Waals surface area contributed by atoms with Crippen LogP contribution >= 0.6 is 0 Å². The van der Waals surface area contributed by atoms with Crippen molar-refractivity contribution in [2.24, 2.45) is 5.92 Å². The highest BCUT2D eigenvalue weighted by Gasteiger charge is 2.21. The normalized spacial score (nSPS) is 21.2. The maximum Gasteiger partial charge on any atom is 0.160 e. The van der Waals surface area contributed by atoms with Crippen molar-refractivity contribution in [1.82, 2.24) is 24.8 Å². The van der Waals surface area contributed by atoms with Gasteiger partial charge in [0.1, 0.15) is 11.3 Å². The Labute approximate surface area is 215 Å². The Bertz CT molecular complexity index is 1100.